The lowest BCUT2D eigenvalue weighted by Crippen LogP contribution is -2.45. The van der Waals surface area contributed by atoms with E-state index in [9.17, 15) is 4.79 Å². The molecule has 18 heavy (non-hydrogen) atoms. The Bertz CT molecular complexity index is 271. The maximum Gasteiger partial charge on any atom is 0.241 e. The Morgan fingerprint density at radius 3 is 2.50 bits per heavy atom. The summed E-state index contributed by atoms with van der Waals surface area (Å²) < 4.78 is 0. The summed E-state index contributed by atoms with van der Waals surface area (Å²) in [6, 6.07) is 0.410. The summed E-state index contributed by atoms with van der Waals surface area (Å²) in [5.74, 6) is 1.91. The highest BCUT2D eigenvalue weighted by Gasteiger charge is 2.40. The second-order valence-electron chi connectivity index (χ2n) is 5.54. The van der Waals surface area contributed by atoms with Crippen LogP contribution in [0.15, 0.2) is 0 Å². The monoisotopic (exact) mass is 272 g/mol. The molecule has 1 aliphatic heterocycles. The van der Waals surface area contributed by atoms with Crippen molar-refractivity contribution in [1.29, 1.82) is 0 Å². The van der Waals surface area contributed by atoms with Gasteiger partial charge in [-0.1, -0.05) is 27.7 Å². The summed E-state index contributed by atoms with van der Waals surface area (Å²) in [6.07, 6.45) is 5.33. The average molecular weight is 272 g/mol. The third-order valence-corrected chi connectivity index (χ3v) is 4.32. The molecule has 0 radical (unpaired) electrons. The van der Waals surface area contributed by atoms with E-state index in [1.807, 2.05) is 11.8 Å². The number of hydrogen-bond acceptors (Lipinski definition) is 3. The van der Waals surface area contributed by atoms with Crippen LogP contribution in [0.5, 0.6) is 0 Å². The van der Waals surface area contributed by atoms with Crippen LogP contribution >= 0.6 is 11.8 Å². The van der Waals surface area contributed by atoms with Crippen LogP contribution in [0.3, 0.4) is 0 Å². The van der Waals surface area contributed by atoms with Gasteiger partial charge in [0.1, 0.15) is 0 Å². The smallest absolute Gasteiger partial charge is 0.241 e. The highest BCUT2D eigenvalue weighted by molar-refractivity contribution is 7.98. The lowest BCUT2D eigenvalue weighted by Gasteiger charge is -2.31. The summed E-state index contributed by atoms with van der Waals surface area (Å²) in [5, 5.41) is 3.51. The van der Waals surface area contributed by atoms with Gasteiger partial charge in [-0.2, -0.15) is 11.8 Å². The van der Waals surface area contributed by atoms with E-state index in [4.69, 9.17) is 0 Å². The van der Waals surface area contributed by atoms with Gasteiger partial charge < -0.3 is 4.90 Å². The zero-order valence-electron chi connectivity index (χ0n) is 12.4. The molecule has 1 rings (SSSR count). The van der Waals surface area contributed by atoms with Crippen LogP contribution < -0.4 is 5.32 Å². The van der Waals surface area contributed by atoms with Crippen LogP contribution in [0.1, 0.15) is 47.0 Å². The van der Waals surface area contributed by atoms with Gasteiger partial charge in [0.15, 0.2) is 0 Å². The van der Waals surface area contributed by atoms with Gasteiger partial charge in [-0.15, -0.1) is 0 Å². The fourth-order valence-corrected chi connectivity index (χ4v) is 3.47. The Kier molecular flexibility index (Phi) is 6.50. The molecule has 1 fully saturated rings. The molecule has 106 valence electrons. The summed E-state index contributed by atoms with van der Waals surface area (Å²) in [4.78, 5) is 14.7. The molecule has 0 spiro atoms. The van der Waals surface area contributed by atoms with E-state index in [2.05, 4.69) is 44.2 Å². The molecule has 0 aromatic heterocycles. The van der Waals surface area contributed by atoms with Crippen molar-refractivity contribution in [3.63, 3.8) is 0 Å². The van der Waals surface area contributed by atoms with Crippen LogP contribution in [0.2, 0.25) is 0 Å². The van der Waals surface area contributed by atoms with Crippen molar-refractivity contribution in [1.82, 2.24) is 10.2 Å². The number of nitrogens with zero attached hydrogens (tertiary/aromatic N) is 1. The highest BCUT2D eigenvalue weighted by Crippen LogP contribution is 2.24. The van der Waals surface area contributed by atoms with Crippen LogP contribution in [0.25, 0.3) is 0 Å². The first-order valence-electron chi connectivity index (χ1n) is 7.12. The number of thioether (sulfide) groups is 1. The van der Waals surface area contributed by atoms with Crippen molar-refractivity contribution in [2.24, 2.45) is 5.92 Å². The molecular weight excluding hydrogens is 244 g/mol. The molecule has 1 aliphatic rings. The minimum atomic E-state index is 0.0332. The zero-order valence-corrected chi connectivity index (χ0v) is 13.2. The van der Waals surface area contributed by atoms with Crippen molar-refractivity contribution in [2.75, 3.05) is 12.0 Å². The largest absolute Gasteiger partial charge is 0.322 e. The van der Waals surface area contributed by atoms with Gasteiger partial charge in [-0.3, -0.25) is 10.1 Å². The predicted octanol–water partition coefficient (Wildman–Crippen LogP) is 2.71. The summed E-state index contributed by atoms with van der Waals surface area (Å²) in [5.41, 5.74) is 0. The minimum Gasteiger partial charge on any atom is -0.322 e. The first-order chi connectivity index (χ1) is 8.54. The molecule has 3 nitrogen and oxygen atoms in total. The minimum absolute atomic E-state index is 0.0332. The number of nitrogens with one attached hydrogen (secondary N) is 1. The van der Waals surface area contributed by atoms with Crippen LogP contribution in [0, 0.1) is 5.92 Å². The first-order valence-corrected chi connectivity index (χ1v) is 8.51. The normalized spacial score (nSPS) is 26.1. The van der Waals surface area contributed by atoms with Gasteiger partial charge in [0.05, 0.1) is 12.2 Å². The SMILES string of the molecule is CCC(CSC)N1C(=O)C(CC(C)C)NC1CC. The predicted molar refractivity (Wildman–Crippen MR) is 79.8 cm³/mol. The van der Waals surface area contributed by atoms with E-state index in [-0.39, 0.29) is 12.2 Å². The molecule has 3 unspecified atom stereocenters. The third-order valence-electron chi connectivity index (χ3n) is 3.60. The van der Waals surface area contributed by atoms with Crippen LogP contribution in [0.4, 0.5) is 0 Å². The number of hydrogen-bond donors (Lipinski definition) is 1. The number of amides is 1. The van der Waals surface area contributed by atoms with Crippen molar-refractivity contribution in [3.8, 4) is 0 Å². The van der Waals surface area contributed by atoms with Gasteiger partial charge in [0, 0.05) is 11.8 Å². The lowest BCUT2D eigenvalue weighted by atomic mass is 10.0. The van der Waals surface area contributed by atoms with Gasteiger partial charge in [0.2, 0.25) is 5.91 Å². The fourth-order valence-electron chi connectivity index (χ4n) is 2.69. The number of rotatable bonds is 7. The van der Waals surface area contributed by atoms with E-state index >= 15 is 0 Å². The van der Waals surface area contributed by atoms with Gasteiger partial charge in [0.25, 0.3) is 0 Å². The molecule has 3 atom stereocenters. The van der Waals surface area contributed by atoms with E-state index in [0.717, 1.165) is 25.0 Å². The molecule has 1 amide bonds. The summed E-state index contributed by atoms with van der Waals surface area (Å²) in [6.45, 7) is 8.69. The van der Waals surface area contributed by atoms with E-state index in [0.29, 0.717) is 17.9 Å². The first kappa shape index (κ1) is 15.8. The molecule has 1 N–H and O–H groups in total. The second-order valence-corrected chi connectivity index (χ2v) is 6.45. The Morgan fingerprint density at radius 2 is 2.06 bits per heavy atom. The number of carbonyl (C=O) groups is 1. The second kappa shape index (κ2) is 7.39. The molecular formula is C14H28N2OS. The molecule has 4 heteroatoms. The Morgan fingerprint density at radius 1 is 1.39 bits per heavy atom. The Hall–Kier alpha value is -0.220. The quantitative estimate of drug-likeness (QED) is 0.773. The molecule has 0 aromatic rings. The van der Waals surface area contributed by atoms with Crippen molar-refractivity contribution in [3.05, 3.63) is 0 Å². The maximum absolute atomic E-state index is 12.5. The lowest BCUT2D eigenvalue weighted by molar-refractivity contribution is -0.132. The Balaban J connectivity index is 2.78. The van der Waals surface area contributed by atoms with Crippen molar-refractivity contribution >= 4 is 17.7 Å². The van der Waals surface area contributed by atoms with Gasteiger partial charge >= 0.3 is 0 Å². The highest BCUT2D eigenvalue weighted by atomic mass is 32.2. The molecule has 0 bridgehead atoms. The molecule has 0 saturated carbocycles. The molecule has 0 aromatic carbocycles. The topological polar surface area (TPSA) is 32.3 Å². The summed E-state index contributed by atoms with van der Waals surface area (Å²) >= 11 is 1.83. The fraction of sp³-hybridized carbons (Fsp3) is 0.929. The average Bonchev–Trinajstić information content (AvgIpc) is 2.63. The van der Waals surface area contributed by atoms with Gasteiger partial charge in [-0.05, 0) is 31.4 Å². The summed E-state index contributed by atoms with van der Waals surface area (Å²) in [7, 11) is 0. The van der Waals surface area contributed by atoms with Gasteiger partial charge in [-0.25, -0.2) is 0 Å². The standard InChI is InChI=1S/C14H28N2OS/c1-6-11(9-18-5)16-13(7-2)15-12(14(16)17)8-10(3)4/h10-13,15H,6-9H2,1-5H3. The van der Waals surface area contributed by atoms with E-state index < -0.39 is 0 Å². The maximum atomic E-state index is 12.5. The van der Waals surface area contributed by atoms with Crippen LogP contribution in [-0.2, 0) is 4.79 Å². The number of carbonyl (C=O) groups excluding carboxylic acids is 1. The molecule has 1 heterocycles. The van der Waals surface area contributed by atoms with Crippen molar-refractivity contribution < 1.29 is 4.79 Å². The van der Waals surface area contributed by atoms with E-state index in [1.165, 1.54) is 0 Å². The Labute approximate surface area is 116 Å². The third kappa shape index (κ3) is 3.64. The molecule has 1 saturated heterocycles. The van der Waals surface area contributed by atoms with E-state index in [1.54, 1.807) is 0 Å². The van der Waals surface area contributed by atoms with Crippen molar-refractivity contribution in [2.45, 2.75) is 65.2 Å². The van der Waals surface area contributed by atoms with Crippen LogP contribution in [-0.4, -0.2) is 41.1 Å². The molecule has 0 aliphatic carbocycles. The zero-order chi connectivity index (χ0) is 13.7.